The Balaban J connectivity index is 2.35. The fraction of sp³-hybridized carbons (Fsp3) is 0.533. The molecule has 1 aromatic rings. The highest BCUT2D eigenvalue weighted by atomic mass is 32.2. The second-order valence-electron chi connectivity index (χ2n) is 5.61. The molecule has 1 aliphatic carbocycles. The Hall–Kier alpha value is -1.51. The Morgan fingerprint density at radius 3 is 2.65 bits per heavy atom. The molecule has 0 aliphatic heterocycles. The van der Waals surface area contributed by atoms with Gasteiger partial charge in [-0.3, -0.25) is 0 Å². The van der Waals surface area contributed by atoms with E-state index in [4.69, 9.17) is 5.73 Å². The molecule has 1 fully saturated rings. The van der Waals surface area contributed by atoms with Crippen molar-refractivity contribution in [2.75, 3.05) is 13.7 Å². The number of carbonyl (C=O) groups excluding carboxylic acids is 1. The lowest BCUT2D eigenvalue weighted by Crippen LogP contribution is -2.44. The minimum atomic E-state index is -4.09. The number of ether oxygens (including phenoxy) is 1. The summed E-state index contributed by atoms with van der Waals surface area (Å²) < 4.78 is 46.2. The molecule has 1 unspecified atom stereocenters. The highest BCUT2D eigenvalue weighted by Crippen LogP contribution is 2.29. The van der Waals surface area contributed by atoms with Gasteiger partial charge in [-0.1, -0.05) is 18.9 Å². The quantitative estimate of drug-likeness (QED) is 0.760. The first-order chi connectivity index (χ1) is 10.9. The van der Waals surface area contributed by atoms with Gasteiger partial charge in [0.25, 0.3) is 0 Å². The summed E-state index contributed by atoms with van der Waals surface area (Å²) in [5.74, 6) is -1.82. The van der Waals surface area contributed by atoms with Gasteiger partial charge < -0.3 is 10.5 Å². The van der Waals surface area contributed by atoms with E-state index in [2.05, 4.69) is 9.46 Å². The number of nitrogens with two attached hydrogens (primary N) is 1. The van der Waals surface area contributed by atoms with Crippen molar-refractivity contribution in [2.45, 2.75) is 36.6 Å². The minimum Gasteiger partial charge on any atom is -0.465 e. The lowest BCUT2D eigenvalue weighted by atomic mass is 9.99. The van der Waals surface area contributed by atoms with Gasteiger partial charge in [-0.05, 0) is 30.9 Å². The Kier molecular flexibility index (Phi) is 5.72. The Labute approximate surface area is 135 Å². The van der Waals surface area contributed by atoms with Crippen LogP contribution in [0.1, 0.15) is 36.0 Å². The van der Waals surface area contributed by atoms with Crippen LogP contribution < -0.4 is 10.5 Å². The summed E-state index contributed by atoms with van der Waals surface area (Å²) in [6.45, 7) is 0.146. The molecule has 23 heavy (non-hydrogen) atoms. The Morgan fingerprint density at radius 2 is 2.09 bits per heavy atom. The van der Waals surface area contributed by atoms with Crippen LogP contribution in [0.25, 0.3) is 0 Å². The molecule has 0 aromatic heterocycles. The number of hydrogen-bond donors (Lipinski definition) is 2. The molecule has 0 heterocycles. The molecule has 1 saturated carbocycles. The van der Waals surface area contributed by atoms with E-state index >= 15 is 0 Å². The molecule has 1 atom stereocenters. The van der Waals surface area contributed by atoms with Crippen molar-refractivity contribution in [3.8, 4) is 0 Å². The van der Waals surface area contributed by atoms with Crippen molar-refractivity contribution in [2.24, 2.45) is 11.7 Å². The molecule has 3 N–H and O–H groups in total. The number of nitrogens with one attached hydrogen (secondary N) is 1. The van der Waals surface area contributed by atoms with E-state index in [1.165, 1.54) is 12.1 Å². The summed E-state index contributed by atoms with van der Waals surface area (Å²) in [5.41, 5.74) is 5.11. The lowest BCUT2D eigenvalue weighted by molar-refractivity contribution is 0.0590. The number of esters is 1. The first-order valence-electron chi connectivity index (χ1n) is 7.50. The topological polar surface area (TPSA) is 98.5 Å². The second kappa shape index (κ2) is 7.37. The van der Waals surface area contributed by atoms with Crippen LogP contribution in [-0.4, -0.2) is 34.1 Å². The number of sulfonamides is 1. The molecular weight excluding hydrogens is 323 g/mol. The van der Waals surface area contributed by atoms with Crippen LogP contribution in [0.5, 0.6) is 0 Å². The third-order valence-corrected chi connectivity index (χ3v) is 5.72. The number of carbonyl (C=O) groups is 1. The molecule has 1 aromatic carbocycles. The van der Waals surface area contributed by atoms with E-state index < -0.39 is 38.3 Å². The maximum Gasteiger partial charge on any atom is 0.342 e. The third-order valence-electron chi connectivity index (χ3n) is 4.18. The molecular formula is C15H21FN2O4S. The summed E-state index contributed by atoms with van der Waals surface area (Å²) in [5, 5.41) is 0. The molecule has 8 heteroatoms. The summed E-state index contributed by atoms with van der Waals surface area (Å²) in [6.07, 6.45) is 3.88. The van der Waals surface area contributed by atoms with Crippen LogP contribution in [-0.2, 0) is 14.8 Å². The zero-order valence-electron chi connectivity index (χ0n) is 12.9. The van der Waals surface area contributed by atoms with E-state index in [0.29, 0.717) is 0 Å². The molecule has 0 amide bonds. The van der Waals surface area contributed by atoms with Crippen LogP contribution in [0, 0.1) is 11.7 Å². The number of methoxy groups -OCH3 is 1. The first-order valence-corrected chi connectivity index (χ1v) is 8.98. The van der Waals surface area contributed by atoms with Gasteiger partial charge in [-0.15, -0.1) is 0 Å². The summed E-state index contributed by atoms with van der Waals surface area (Å²) in [6, 6.07) is 3.00. The van der Waals surface area contributed by atoms with E-state index in [9.17, 15) is 17.6 Å². The minimum absolute atomic E-state index is 0.146. The van der Waals surface area contributed by atoms with Gasteiger partial charge in [-0.2, -0.15) is 0 Å². The highest BCUT2D eigenvalue weighted by molar-refractivity contribution is 7.89. The van der Waals surface area contributed by atoms with Crippen molar-refractivity contribution in [3.05, 3.63) is 29.6 Å². The van der Waals surface area contributed by atoms with Gasteiger partial charge in [0, 0.05) is 12.6 Å². The first kappa shape index (κ1) is 17.8. The second-order valence-corrected chi connectivity index (χ2v) is 7.29. The Morgan fingerprint density at radius 1 is 1.43 bits per heavy atom. The lowest BCUT2D eigenvalue weighted by Gasteiger charge is -2.23. The number of hydrogen-bond acceptors (Lipinski definition) is 5. The Bertz CT molecular complexity index is 672. The van der Waals surface area contributed by atoms with E-state index in [1.807, 2.05) is 0 Å². The largest absolute Gasteiger partial charge is 0.465 e. The zero-order chi connectivity index (χ0) is 17.0. The van der Waals surface area contributed by atoms with Gasteiger partial charge in [0.05, 0.1) is 12.0 Å². The van der Waals surface area contributed by atoms with E-state index in [0.717, 1.165) is 38.9 Å². The van der Waals surface area contributed by atoms with Gasteiger partial charge >= 0.3 is 5.97 Å². The molecule has 0 radical (unpaired) electrons. The highest BCUT2D eigenvalue weighted by Gasteiger charge is 2.31. The average Bonchev–Trinajstić information content (AvgIpc) is 3.06. The smallest absolute Gasteiger partial charge is 0.342 e. The van der Waals surface area contributed by atoms with Gasteiger partial charge in [0.1, 0.15) is 11.4 Å². The maximum atomic E-state index is 13.9. The SMILES string of the molecule is COC(=O)c1c(F)cccc1S(=O)(=O)NC(CN)C1CCCC1. The van der Waals surface area contributed by atoms with Crippen molar-refractivity contribution in [1.29, 1.82) is 0 Å². The van der Waals surface area contributed by atoms with Crippen LogP contribution in [0.3, 0.4) is 0 Å². The zero-order valence-corrected chi connectivity index (χ0v) is 13.7. The monoisotopic (exact) mass is 344 g/mol. The van der Waals surface area contributed by atoms with Crippen molar-refractivity contribution in [3.63, 3.8) is 0 Å². The molecule has 0 saturated heterocycles. The van der Waals surface area contributed by atoms with Crippen molar-refractivity contribution >= 4 is 16.0 Å². The number of halogens is 1. The predicted molar refractivity (Wildman–Crippen MR) is 82.9 cm³/mol. The summed E-state index contributed by atoms with van der Waals surface area (Å²) in [7, 11) is -3.02. The van der Waals surface area contributed by atoms with E-state index in [-0.39, 0.29) is 12.5 Å². The predicted octanol–water partition coefficient (Wildman–Crippen LogP) is 1.41. The van der Waals surface area contributed by atoms with Gasteiger partial charge in [0.15, 0.2) is 0 Å². The van der Waals surface area contributed by atoms with Crippen molar-refractivity contribution < 1.29 is 22.3 Å². The number of rotatable bonds is 6. The summed E-state index contributed by atoms with van der Waals surface area (Å²) in [4.78, 5) is 11.3. The average molecular weight is 344 g/mol. The van der Waals surface area contributed by atoms with Crippen LogP contribution in [0.15, 0.2) is 23.1 Å². The van der Waals surface area contributed by atoms with Gasteiger partial charge in [0.2, 0.25) is 10.0 Å². The third kappa shape index (κ3) is 3.88. The summed E-state index contributed by atoms with van der Waals surface area (Å²) >= 11 is 0. The van der Waals surface area contributed by atoms with Crippen LogP contribution >= 0.6 is 0 Å². The van der Waals surface area contributed by atoms with E-state index in [1.54, 1.807) is 0 Å². The van der Waals surface area contributed by atoms with Gasteiger partial charge in [-0.25, -0.2) is 22.3 Å². The molecule has 128 valence electrons. The molecule has 6 nitrogen and oxygen atoms in total. The van der Waals surface area contributed by atoms with Crippen LogP contribution in [0.4, 0.5) is 4.39 Å². The molecule has 2 rings (SSSR count). The normalized spacial score (nSPS) is 17.2. The van der Waals surface area contributed by atoms with Crippen LogP contribution in [0.2, 0.25) is 0 Å². The van der Waals surface area contributed by atoms with Crippen molar-refractivity contribution in [1.82, 2.24) is 4.72 Å². The fourth-order valence-electron chi connectivity index (χ4n) is 2.99. The molecule has 0 bridgehead atoms. The standard InChI is InChI=1S/C15H21FN2O4S/c1-22-15(19)14-11(16)7-4-8-13(14)23(20,21)18-12(9-17)10-5-2-3-6-10/h4,7-8,10,12,18H,2-3,5-6,9,17H2,1H3. The maximum absolute atomic E-state index is 13.9. The number of benzene rings is 1. The molecule has 1 aliphatic rings. The fourth-order valence-corrected chi connectivity index (χ4v) is 4.51. The molecule has 0 spiro atoms.